The maximum atomic E-state index is 14.2. The fourth-order valence-electron chi connectivity index (χ4n) is 5.97. The molecule has 1 amide bonds. The van der Waals surface area contributed by atoms with Crippen molar-refractivity contribution in [1.29, 1.82) is 0 Å². The number of aliphatic hydroxyl groups excluding tert-OH is 1. The SMILES string of the molecule is CCCOC1C[C@H](O)CC(CCn2c(-c3ccc(F)cc3)c(-c3ccccc3)c(C(=O)Nc3ccccc3)c2C(C)C)O1. The molecule has 1 aliphatic heterocycles. The zero-order valence-corrected chi connectivity index (χ0v) is 25.1. The number of nitrogens with zero attached hydrogens (tertiary/aromatic N) is 1. The molecule has 0 bridgehead atoms. The largest absolute Gasteiger partial charge is 0.393 e. The van der Waals surface area contributed by atoms with Crippen molar-refractivity contribution in [3.05, 3.63) is 102 Å². The number of aromatic nitrogens is 1. The lowest BCUT2D eigenvalue weighted by Gasteiger charge is -2.33. The summed E-state index contributed by atoms with van der Waals surface area (Å²) in [7, 11) is 0. The van der Waals surface area contributed by atoms with E-state index in [1.807, 2.05) is 67.6 Å². The first-order chi connectivity index (χ1) is 20.9. The second-order valence-corrected chi connectivity index (χ2v) is 11.5. The Kier molecular flexibility index (Phi) is 10.1. The molecule has 0 spiro atoms. The molecule has 43 heavy (non-hydrogen) atoms. The monoisotopic (exact) mass is 584 g/mol. The number of carbonyl (C=O) groups excluding carboxylic acids is 1. The Bertz CT molecular complexity index is 1490. The highest BCUT2D eigenvalue weighted by atomic mass is 19.1. The van der Waals surface area contributed by atoms with Crippen molar-refractivity contribution in [3.63, 3.8) is 0 Å². The molecule has 1 saturated heterocycles. The van der Waals surface area contributed by atoms with Gasteiger partial charge in [-0.2, -0.15) is 0 Å². The number of hydrogen-bond acceptors (Lipinski definition) is 4. The molecule has 5 rings (SSSR count). The van der Waals surface area contributed by atoms with Crippen molar-refractivity contribution < 1.29 is 23.8 Å². The van der Waals surface area contributed by atoms with E-state index >= 15 is 0 Å². The van der Waals surface area contributed by atoms with Crippen molar-refractivity contribution in [1.82, 2.24) is 4.57 Å². The first-order valence-electron chi connectivity index (χ1n) is 15.2. The molecule has 4 aromatic rings. The van der Waals surface area contributed by atoms with Crippen LogP contribution in [0.3, 0.4) is 0 Å². The topological polar surface area (TPSA) is 72.7 Å². The second-order valence-electron chi connectivity index (χ2n) is 11.5. The van der Waals surface area contributed by atoms with Gasteiger partial charge >= 0.3 is 0 Å². The molecule has 3 aromatic carbocycles. The van der Waals surface area contributed by atoms with Crippen LogP contribution in [0.1, 0.15) is 68.4 Å². The minimum Gasteiger partial charge on any atom is -0.393 e. The van der Waals surface area contributed by atoms with Gasteiger partial charge in [-0.15, -0.1) is 0 Å². The quantitative estimate of drug-likeness (QED) is 0.187. The van der Waals surface area contributed by atoms with Crippen LogP contribution in [-0.4, -0.2) is 40.7 Å². The summed E-state index contributed by atoms with van der Waals surface area (Å²) in [6.07, 6.45) is 1.31. The van der Waals surface area contributed by atoms with Gasteiger partial charge in [-0.1, -0.05) is 69.3 Å². The van der Waals surface area contributed by atoms with Gasteiger partial charge < -0.3 is 24.5 Å². The Balaban J connectivity index is 1.64. The minimum atomic E-state index is -0.501. The van der Waals surface area contributed by atoms with Gasteiger partial charge in [-0.05, 0) is 72.7 Å². The summed E-state index contributed by atoms with van der Waals surface area (Å²) in [5.74, 6) is -0.531. The predicted octanol–water partition coefficient (Wildman–Crippen LogP) is 8.02. The molecular formula is C36H41FN2O4. The maximum Gasteiger partial charge on any atom is 0.258 e. The van der Waals surface area contributed by atoms with Crippen LogP contribution in [0.15, 0.2) is 84.9 Å². The summed E-state index contributed by atoms with van der Waals surface area (Å²) < 4.78 is 28.4. The van der Waals surface area contributed by atoms with Crippen molar-refractivity contribution in [3.8, 4) is 22.4 Å². The molecule has 6 nitrogen and oxygen atoms in total. The average molecular weight is 585 g/mol. The maximum absolute atomic E-state index is 14.2. The first kappa shape index (κ1) is 30.7. The lowest BCUT2D eigenvalue weighted by Crippen LogP contribution is -2.37. The standard InChI is InChI=1S/C36H41FN2O4/c1-4-21-42-31-23-29(40)22-30(43-31)19-20-39-34(24(2)3)33(36(41)38-28-13-9-6-10-14-28)32(25-11-7-5-8-12-25)35(39)26-15-17-27(37)18-16-26/h5-18,24,29-31,40H,4,19-23H2,1-3H3,(H,38,41)/t29-,30?,31?/m1/s1. The van der Waals surface area contributed by atoms with Crippen LogP contribution < -0.4 is 5.32 Å². The van der Waals surface area contributed by atoms with E-state index < -0.39 is 12.4 Å². The third-order valence-corrected chi connectivity index (χ3v) is 7.82. The molecule has 0 aliphatic carbocycles. The van der Waals surface area contributed by atoms with Gasteiger partial charge in [0.1, 0.15) is 5.82 Å². The van der Waals surface area contributed by atoms with Crippen molar-refractivity contribution in [2.75, 3.05) is 11.9 Å². The summed E-state index contributed by atoms with van der Waals surface area (Å²) >= 11 is 0. The number of hydrogen-bond donors (Lipinski definition) is 2. The average Bonchev–Trinajstić information content (AvgIpc) is 3.36. The van der Waals surface area contributed by atoms with E-state index in [0.29, 0.717) is 43.7 Å². The normalized spacial score (nSPS) is 18.6. The number of carbonyl (C=O) groups is 1. The van der Waals surface area contributed by atoms with Gasteiger partial charge in [0, 0.05) is 36.5 Å². The number of para-hydroxylation sites is 1. The Morgan fingerprint density at radius 2 is 1.67 bits per heavy atom. The molecule has 0 saturated carbocycles. The molecule has 2 unspecified atom stereocenters. The first-order valence-corrected chi connectivity index (χ1v) is 15.2. The van der Waals surface area contributed by atoms with Gasteiger partial charge in [-0.3, -0.25) is 4.79 Å². The van der Waals surface area contributed by atoms with Crippen molar-refractivity contribution >= 4 is 11.6 Å². The van der Waals surface area contributed by atoms with E-state index in [9.17, 15) is 14.3 Å². The third-order valence-electron chi connectivity index (χ3n) is 7.82. The highest BCUT2D eigenvalue weighted by Gasteiger charge is 2.33. The lowest BCUT2D eigenvalue weighted by atomic mass is 9.94. The summed E-state index contributed by atoms with van der Waals surface area (Å²) in [6, 6.07) is 25.8. The molecule has 2 N–H and O–H groups in total. The number of amides is 1. The molecule has 1 fully saturated rings. The lowest BCUT2D eigenvalue weighted by molar-refractivity contribution is -0.216. The number of nitrogens with one attached hydrogen (secondary N) is 1. The molecule has 3 atom stereocenters. The number of anilines is 1. The minimum absolute atomic E-state index is 0.00770. The van der Waals surface area contributed by atoms with Gasteiger partial charge in [-0.25, -0.2) is 4.39 Å². The number of aliphatic hydroxyl groups is 1. The predicted molar refractivity (Wildman–Crippen MR) is 169 cm³/mol. The second kappa shape index (κ2) is 14.1. The Hall–Kier alpha value is -3.78. The fourth-order valence-corrected chi connectivity index (χ4v) is 5.97. The van der Waals surface area contributed by atoms with Gasteiger partial charge in [0.2, 0.25) is 0 Å². The number of ether oxygens (including phenoxy) is 2. The zero-order chi connectivity index (χ0) is 30.3. The molecule has 2 heterocycles. The fraction of sp³-hybridized carbons (Fsp3) is 0.361. The summed E-state index contributed by atoms with van der Waals surface area (Å²) in [5, 5.41) is 13.7. The van der Waals surface area contributed by atoms with Crippen LogP contribution in [0, 0.1) is 5.82 Å². The zero-order valence-electron chi connectivity index (χ0n) is 25.1. The van der Waals surface area contributed by atoms with Crippen molar-refractivity contribution in [2.45, 2.75) is 77.4 Å². The van der Waals surface area contributed by atoms with Crippen LogP contribution in [-0.2, 0) is 16.0 Å². The molecular weight excluding hydrogens is 543 g/mol. The molecule has 7 heteroatoms. The van der Waals surface area contributed by atoms with Crippen LogP contribution in [0.5, 0.6) is 0 Å². The smallest absolute Gasteiger partial charge is 0.258 e. The summed E-state index contributed by atoms with van der Waals surface area (Å²) in [6.45, 7) is 7.33. The van der Waals surface area contributed by atoms with Crippen molar-refractivity contribution in [2.24, 2.45) is 0 Å². The highest BCUT2D eigenvalue weighted by molar-refractivity contribution is 6.12. The molecule has 226 valence electrons. The van der Waals surface area contributed by atoms with Gasteiger partial charge in [0.25, 0.3) is 5.91 Å². The van der Waals surface area contributed by atoms with E-state index in [-0.39, 0.29) is 23.7 Å². The van der Waals surface area contributed by atoms with Crippen LogP contribution >= 0.6 is 0 Å². The molecule has 1 aliphatic rings. The Morgan fingerprint density at radius 3 is 2.33 bits per heavy atom. The van der Waals surface area contributed by atoms with E-state index in [2.05, 4.69) is 23.7 Å². The third kappa shape index (κ3) is 7.24. The van der Waals surface area contributed by atoms with Crippen LogP contribution in [0.4, 0.5) is 10.1 Å². The summed E-state index contributed by atoms with van der Waals surface area (Å²) in [4.78, 5) is 14.2. The summed E-state index contributed by atoms with van der Waals surface area (Å²) in [5.41, 5.74) is 5.56. The number of benzene rings is 3. The molecule has 1 aromatic heterocycles. The van der Waals surface area contributed by atoms with E-state index in [4.69, 9.17) is 9.47 Å². The Morgan fingerprint density at radius 1 is 1.00 bits per heavy atom. The number of rotatable bonds is 11. The van der Waals surface area contributed by atoms with Gasteiger partial charge in [0.15, 0.2) is 6.29 Å². The van der Waals surface area contributed by atoms with E-state index in [1.54, 1.807) is 12.1 Å². The van der Waals surface area contributed by atoms with Crippen LogP contribution in [0.25, 0.3) is 22.4 Å². The van der Waals surface area contributed by atoms with E-state index in [0.717, 1.165) is 34.5 Å². The highest BCUT2D eigenvalue weighted by Crippen LogP contribution is 2.43. The number of halogens is 1. The van der Waals surface area contributed by atoms with E-state index in [1.165, 1.54) is 12.1 Å². The van der Waals surface area contributed by atoms with Crippen LogP contribution in [0.2, 0.25) is 0 Å². The molecule has 0 radical (unpaired) electrons. The van der Waals surface area contributed by atoms with Gasteiger partial charge in [0.05, 0.1) is 23.5 Å². The Labute approximate surface area is 253 Å².